The molecule has 0 unspecified atom stereocenters. The molecule has 22 heavy (non-hydrogen) atoms. The van der Waals surface area contributed by atoms with Gasteiger partial charge in [-0.25, -0.2) is 4.98 Å². The van der Waals surface area contributed by atoms with Crippen LogP contribution in [-0.2, 0) is 12.8 Å². The smallest absolute Gasteiger partial charge is 0.171 e. The summed E-state index contributed by atoms with van der Waals surface area (Å²) in [4.78, 5) is 18.2. The van der Waals surface area contributed by atoms with Crippen molar-refractivity contribution in [3.05, 3.63) is 46.5 Å². The van der Waals surface area contributed by atoms with Crippen molar-refractivity contribution in [3.8, 4) is 11.1 Å². The Morgan fingerprint density at radius 1 is 1.23 bits per heavy atom. The Morgan fingerprint density at radius 2 is 2.00 bits per heavy atom. The van der Waals surface area contributed by atoms with E-state index in [1.165, 1.54) is 28.2 Å². The lowest BCUT2D eigenvalue weighted by Crippen LogP contribution is -1.97. The predicted octanol–water partition coefficient (Wildman–Crippen LogP) is 4.24. The second kappa shape index (κ2) is 4.92. The molecule has 3 nitrogen and oxygen atoms in total. The van der Waals surface area contributed by atoms with Gasteiger partial charge in [0, 0.05) is 18.0 Å². The van der Waals surface area contributed by atoms with Crippen LogP contribution < -0.4 is 5.73 Å². The Morgan fingerprint density at radius 3 is 2.73 bits per heavy atom. The highest BCUT2D eigenvalue weighted by Crippen LogP contribution is 2.44. The fraction of sp³-hybridized carbons (Fsp3) is 0.222. The number of carbonyl (C=O) groups excluding carboxylic acids is 1. The van der Waals surface area contributed by atoms with Gasteiger partial charge in [0.05, 0.1) is 10.6 Å². The Bertz CT molecular complexity index is 897. The van der Waals surface area contributed by atoms with Crippen LogP contribution in [0.15, 0.2) is 30.3 Å². The summed E-state index contributed by atoms with van der Waals surface area (Å²) < 4.78 is 0. The van der Waals surface area contributed by atoms with Gasteiger partial charge in [0.2, 0.25) is 0 Å². The van der Waals surface area contributed by atoms with E-state index in [-0.39, 0.29) is 5.78 Å². The minimum absolute atomic E-state index is 0.0136. The van der Waals surface area contributed by atoms with Gasteiger partial charge in [-0.2, -0.15) is 0 Å². The van der Waals surface area contributed by atoms with Crippen molar-refractivity contribution in [1.29, 1.82) is 0 Å². The van der Waals surface area contributed by atoms with Crippen LogP contribution in [0.4, 0.5) is 5.69 Å². The Hall–Kier alpha value is -2.20. The lowest BCUT2D eigenvalue weighted by atomic mass is 9.96. The Labute approximate surface area is 132 Å². The number of thiophene rings is 1. The zero-order valence-corrected chi connectivity index (χ0v) is 13.2. The molecule has 2 aromatic heterocycles. The normalized spacial score (nSPS) is 13.5. The number of nitrogen functional groups attached to an aromatic ring is 1. The van der Waals surface area contributed by atoms with Crippen molar-refractivity contribution in [3.63, 3.8) is 0 Å². The first-order chi connectivity index (χ1) is 10.7. The van der Waals surface area contributed by atoms with E-state index in [0.717, 1.165) is 35.0 Å². The maximum atomic E-state index is 11.8. The second-order valence-corrected chi connectivity index (χ2v) is 6.71. The molecule has 0 radical (unpaired) electrons. The number of Topliss-reactive ketones (excluding diaryl/α,β-unsaturated/α-hetero) is 1. The minimum Gasteiger partial charge on any atom is -0.397 e. The van der Waals surface area contributed by atoms with Crippen molar-refractivity contribution >= 4 is 33.0 Å². The van der Waals surface area contributed by atoms with Gasteiger partial charge in [-0.05, 0) is 36.0 Å². The molecule has 4 heteroatoms. The summed E-state index contributed by atoms with van der Waals surface area (Å²) in [6.07, 6.45) is 3.18. The van der Waals surface area contributed by atoms with Crippen LogP contribution in [0, 0.1) is 0 Å². The number of rotatable bonds is 2. The van der Waals surface area contributed by atoms with Crippen LogP contribution >= 0.6 is 11.3 Å². The average molecular weight is 308 g/mol. The number of nitrogens with two attached hydrogens (primary N) is 1. The van der Waals surface area contributed by atoms with E-state index in [9.17, 15) is 4.79 Å². The zero-order valence-electron chi connectivity index (χ0n) is 12.3. The molecular formula is C18H16N2OS. The molecule has 4 rings (SSSR count). The number of aromatic nitrogens is 1. The third-order valence-electron chi connectivity index (χ3n) is 4.29. The van der Waals surface area contributed by atoms with Gasteiger partial charge >= 0.3 is 0 Å². The first kappa shape index (κ1) is 13.5. The van der Waals surface area contributed by atoms with Crippen LogP contribution in [0.25, 0.3) is 21.3 Å². The van der Waals surface area contributed by atoms with Gasteiger partial charge in [-0.15, -0.1) is 11.3 Å². The van der Waals surface area contributed by atoms with Gasteiger partial charge in [-0.3, -0.25) is 4.79 Å². The molecule has 0 amide bonds. The SMILES string of the molecule is CC(=O)c1sc2nc3c(c(-c4ccccc4)c2c1N)CCC3. The maximum Gasteiger partial charge on any atom is 0.171 e. The average Bonchev–Trinajstić information content (AvgIpc) is 3.11. The van der Waals surface area contributed by atoms with Gasteiger partial charge in [0.15, 0.2) is 5.78 Å². The van der Waals surface area contributed by atoms with Crippen molar-refractivity contribution in [2.24, 2.45) is 0 Å². The lowest BCUT2D eigenvalue weighted by molar-refractivity contribution is 0.102. The highest BCUT2D eigenvalue weighted by molar-refractivity contribution is 7.21. The van der Waals surface area contributed by atoms with Gasteiger partial charge in [0.25, 0.3) is 0 Å². The molecule has 110 valence electrons. The van der Waals surface area contributed by atoms with E-state index in [2.05, 4.69) is 12.1 Å². The van der Waals surface area contributed by atoms with Crippen molar-refractivity contribution < 1.29 is 4.79 Å². The van der Waals surface area contributed by atoms with E-state index in [1.807, 2.05) is 18.2 Å². The number of carbonyl (C=O) groups is 1. The highest BCUT2D eigenvalue weighted by Gasteiger charge is 2.25. The molecule has 1 aliphatic rings. The van der Waals surface area contributed by atoms with E-state index in [4.69, 9.17) is 10.7 Å². The zero-order chi connectivity index (χ0) is 15.3. The third kappa shape index (κ3) is 1.87. The Kier molecular flexibility index (Phi) is 3.01. The summed E-state index contributed by atoms with van der Waals surface area (Å²) in [5.74, 6) is 0.0136. The number of fused-ring (bicyclic) bond motifs is 2. The van der Waals surface area contributed by atoms with E-state index < -0.39 is 0 Å². The predicted molar refractivity (Wildman–Crippen MR) is 91.5 cm³/mol. The van der Waals surface area contributed by atoms with Crippen molar-refractivity contribution in [2.45, 2.75) is 26.2 Å². The van der Waals surface area contributed by atoms with Crippen LogP contribution in [0.1, 0.15) is 34.3 Å². The van der Waals surface area contributed by atoms with Gasteiger partial charge < -0.3 is 5.73 Å². The molecule has 3 aromatic rings. The van der Waals surface area contributed by atoms with Gasteiger partial charge in [0.1, 0.15) is 4.83 Å². The molecule has 1 aromatic carbocycles. The summed E-state index contributed by atoms with van der Waals surface area (Å²) in [5, 5.41) is 0.960. The molecule has 0 saturated heterocycles. The number of ketones is 1. The largest absolute Gasteiger partial charge is 0.397 e. The lowest BCUT2D eigenvalue weighted by Gasteiger charge is -2.11. The summed E-state index contributed by atoms with van der Waals surface area (Å²) >= 11 is 1.42. The van der Waals surface area contributed by atoms with Gasteiger partial charge in [-0.1, -0.05) is 30.3 Å². The number of benzene rings is 1. The molecule has 0 aliphatic heterocycles. The number of aryl methyl sites for hydroxylation is 1. The summed E-state index contributed by atoms with van der Waals surface area (Å²) in [6.45, 7) is 1.57. The molecule has 0 fully saturated rings. The number of nitrogens with zero attached hydrogens (tertiary/aromatic N) is 1. The molecular weight excluding hydrogens is 292 g/mol. The number of pyridine rings is 1. The van der Waals surface area contributed by atoms with Crippen molar-refractivity contribution in [2.75, 3.05) is 5.73 Å². The third-order valence-corrected chi connectivity index (χ3v) is 5.49. The molecule has 0 spiro atoms. The van der Waals surface area contributed by atoms with Crippen molar-refractivity contribution in [1.82, 2.24) is 4.98 Å². The molecule has 1 aliphatic carbocycles. The first-order valence-corrected chi connectivity index (χ1v) is 8.28. The fourth-order valence-electron chi connectivity index (χ4n) is 3.33. The second-order valence-electron chi connectivity index (χ2n) is 5.71. The standard InChI is InChI=1S/C18H16N2OS/c1-10(21)17-16(19)15-14(11-6-3-2-4-7-11)12-8-5-9-13(12)20-18(15)22-17/h2-4,6-7H,5,8-9,19H2,1H3. The highest BCUT2D eigenvalue weighted by atomic mass is 32.1. The molecule has 2 heterocycles. The number of anilines is 1. The summed E-state index contributed by atoms with van der Waals surface area (Å²) in [7, 11) is 0. The molecule has 0 atom stereocenters. The molecule has 0 bridgehead atoms. The quantitative estimate of drug-likeness (QED) is 0.720. The van der Waals surface area contributed by atoms with Crippen LogP contribution in [0.5, 0.6) is 0 Å². The first-order valence-electron chi connectivity index (χ1n) is 7.47. The monoisotopic (exact) mass is 308 g/mol. The Balaban J connectivity index is 2.14. The minimum atomic E-state index is 0.0136. The fourth-order valence-corrected chi connectivity index (χ4v) is 4.35. The van der Waals surface area contributed by atoms with Crippen LogP contribution in [0.2, 0.25) is 0 Å². The van der Waals surface area contributed by atoms with E-state index in [1.54, 1.807) is 6.92 Å². The van der Waals surface area contributed by atoms with E-state index in [0.29, 0.717) is 10.6 Å². The summed E-state index contributed by atoms with van der Waals surface area (Å²) in [5.41, 5.74) is 11.7. The summed E-state index contributed by atoms with van der Waals surface area (Å²) in [6, 6.07) is 10.3. The topological polar surface area (TPSA) is 56.0 Å². The van der Waals surface area contributed by atoms with Crippen LogP contribution in [0.3, 0.4) is 0 Å². The maximum absolute atomic E-state index is 11.8. The van der Waals surface area contributed by atoms with Crippen LogP contribution in [-0.4, -0.2) is 10.8 Å². The molecule has 2 N–H and O–H groups in total. The number of hydrogen-bond donors (Lipinski definition) is 1. The molecule has 0 saturated carbocycles. The number of hydrogen-bond acceptors (Lipinski definition) is 4. The van der Waals surface area contributed by atoms with E-state index >= 15 is 0 Å².